The quantitative estimate of drug-likeness (QED) is 0.110. The molecular weight excluding hydrogens is 849 g/mol. The molecule has 0 radical (unpaired) electrons. The summed E-state index contributed by atoms with van der Waals surface area (Å²) in [5, 5.41) is 60.7. The van der Waals surface area contributed by atoms with Crippen molar-refractivity contribution >= 4 is 76.2 Å². The summed E-state index contributed by atoms with van der Waals surface area (Å²) in [5.41, 5.74) is 3.95. The zero-order chi connectivity index (χ0) is 46.3. The molecule has 2 unspecified atom stereocenters. The third kappa shape index (κ3) is 11.2. The summed E-state index contributed by atoms with van der Waals surface area (Å²) in [5.74, 6) is -9.87. The normalized spacial score (nSPS) is 28.6. The van der Waals surface area contributed by atoms with Crippen molar-refractivity contribution in [2.45, 2.75) is 99.6 Å². The van der Waals surface area contributed by atoms with Gasteiger partial charge in [-0.15, -0.1) is 11.8 Å². The van der Waals surface area contributed by atoms with Crippen LogP contribution in [0, 0.1) is 11.8 Å². The monoisotopic (exact) mass is 902 g/mol. The van der Waals surface area contributed by atoms with Crippen molar-refractivity contribution < 1.29 is 63.6 Å². The number of aliphatic hydroxyl groups excluding tert-OH is 3. The standard InChI is InChI=1S/C39H54N10O13S/c1-4-17(2)31-35(60)42-11-29(56)43-26-15-63-37-22(21-6-5-19(52)7-23(21)46-37)8-24(33(58)41-12-30(57)47-31)44-36(61)32(18(3)27(54)14-50)48-39(16-51)10-20(53)13-49(39)38(62)25(9-28(40)55)45-34(26)59/h5-7,16-18,20,24-27,31-32,46,48,50,52-54H,4,8-15H2,1-3H3,(H2,40,55)(H,41,58)(H,42,60)(H,43,56)(H,44,61)(H,45,59)(H,47,57)/t17-,18-,20+,24?,25-,26?,27-,31-,32-,39-/m0/s1. The number of aldehydes is 1. The van der Waals surface area contributed by atoms with Gasteiger partial charge in [-0.05, 0) is 23.6 Å². The van der Waals surface area contributed by atoms with Crippen molar-refractivity contribution in [3.05, 3.63) is 23.8 Å². The molecule has 0 aliphatic carbocycles. The number of aromatic hydroxyl groups is 1. The molecule has 1 aromatic heterocycles. The van der Waals surface area contributed by atoms with Crippen LogP contribution in [0.25, 0.3) is 10.9 Å². The van der Waals surface area contributed by atoms with Crippen LogP contribution in [0.1, 0.15) is 45.6 Å². The lowest BCUT2D eigenvalue weighted by Gasteiger charge is -2.41. The number of aromatic nitrogens is 1. The van der Waals surface area contributed by atoms with Crippen molar-refractivity contribution in [1.82, 2.24) is 47.1 Å². The molecule has 1 fully saturated rings. The number of hydrogen-bond donors (Lipinski definition) is 13. The predicted molar refractivity (Wildman–Crippen MR) is 222 cm³/mol. The molecule has 2 aromatic rings. The molecule has 8 amide bonds. The molecule has 1 aromatic carbocycles. The van der Waals surface area contributed by atoms with Crippen LogP contribution in [0.4, 0.5) is 0 Å². The number of thioether (sulfide) groups is 1. The molecule has 1 saturated heterocycles. The number of nitrogens with one attached hydrogen (secondary N) is 8. The van der Waals surface area contributed by atoms with E-state index in [1.807, 2.05) is 0 Å². The Hall–Kier alpha value is -5.82. The van der Waals surface area contributed by atoms with Crippen LogP contribution in [0.3, 0.4) is 0 Å². The van der Waals surface area contributed by atoms with Gasteiger partial charge in [0.15, 0.2) is 11.9 Å². The predicted octanol–water partition coefficient (Wildman–Crippen LogP) is -4.94. The number of amides is 8. The third-order valence-corrected chi connectivity index (χ3v) is 12.6. The highest BCUT2D eigenvalue weighted by Crippen LogP contribution is 2.34. The fourth-order valence-electron chi connectivity index (χ4n) is 7.74. The summed E-state index contributed by atoms with van der Waals surface area (Å²) in [6.45, 7) is 1.94. The van der Waals surface area contributed by atoms with E-state index in [1.165, 1.54) is 25.1 Å². The summed E-state index contributed by atoms with van der Waals surface area (Å²) < 4.78 is 0. The summed E-state index contributed by atoms with van der Waals surface area (Å²) in [7, 11) is 0. The molecule has 23 nitrogen and oxygen atoms in total. The van der Waals surface area contributed by atoms with E-state index in [1.54, 1.807) is 13.8 Å². The largest absolute Gasteiger partial charge is 0.508 e. The van der Waals surface area contributed by atoms with Crippen LogP contribution in [0.5, 0.6) is 5.75 Å². The number of primary amides is 1. The number of aromatic amines is 1. The van der Waals surface area contributed by atoms with E-state index in [0.717, 1.165) is 16.7 Å². The Kier molecular flexibility index (Phi) is 15.7. The van der Waals surface area contributed by atoms with Crippen molar-refractivity contribution in [2.24, 2.45) is 17.6 Å². The van der Waals surface area contributed by atoms with E-state index in [4.69, 9.17) is 5.73 Å². The SMILES string of the molecule is CC[C@H](C)[C@@H]1NC(=O)CNC(=O)C2Cc3c([nH]c4cc(O)ccc34)SCC(NC(=O)CNC1=O)C(=O)N[C@@H](CC(N)=O)C(=O)N1C[C@H](O)C[C@]1(C=O)N[C@@H]([C@@H](C)[C@@H](O)CO)C(=O)N2. The summed E-state index contributed by atoms with van der Waals surface area (Å²) in [4.78, 5) is 127. The van der Waals surface area contributed by atoms with E-state index in [9.17, 15) is 63.6 Å². The Labute approximate surface area is 364 Å². The molecule has 4 heterocycles. The number of aliphatic hydroxyl groups is 3. The van der Waals surface area contributed by atoms with E-state index in [2.05, 4.69) is 42.2 Å². The lowest BCUT2D eigenvalue weighted by atomic mass is 9.92. The first-order chi connectivity index (χ1) is 29.8. The van der Waals surface area contributed by atoms with Crippen molar-refractivity contribution in [3.63, 3.8) is 0 Å². The average Bonchev–Trinajstić information content (AvgIpc) is 3.76. The zero-order valence-electron chi connectivity index (χ0n) is 34.8. The number of carbonyl (C=O) groups is 9. The van der Waals surface area contributed by atoms with Gasteiger partial charge < -0.3 is 67.9 Å². The highest BCUT2D eigenvalue weighted by Gasteiger charge is 2.52. The number of carbonyl (C=O) groups excluding carboxylic acids is 9. The Morgan fingerprint density at radius 1 is 0.952 bits per heavy atom. The van der Waals surface area contributed by atoms with Crippen LogP contribution < -0.4 is 43.0 Å². The third-order valence-electron chi connectivity index (χ3n) is 11.5. The van der Waals surface area contributed by atoms with Crippen molar-refractivity contribution in [1.29, 1.82) is 0 Å². The molecule has 344 valence electrons. The van der Waals surface area contributed by atoms with Crippen LogP contribution in [0.2, 0.25) is 0 Å². The molecule has 24 heteroatoms. The number of rotatable bonds is 8. The first-order valence-electron chi connectivity index (χ1n) is 20.3. The van der Waals surface area contributed by atoms with Gasteiger partial charge in [-0.2, -0.15) is 0 Å². The molecular formula is C39H54N10O13S. The number of H-pyrrole nitrogens is 1. The van der Waals surface area contributed by atoms with E-state index in [-0.39, 0.29) is 29.2 Å². The number of phenolic OH excluding ortho intramolecular Hbond substituents is 1. The summed E-state index contributed by atoms with van der Waals surface area (Å²) in [6, 6.07) is -3.60. The second kappa shape index (κ2) is 20.6. The number of nitrogens with zero attached hydrogens (tertiary/aromatic N) is 1. The first-order valence-corrected chi connectivity index (χ1v) is 21.3. The van der Waals surface area contributed by atoms with Gasteiger partial charge in [-0.25, -0.2) is 0 Å². The van der Waals surface area contributed by atoms with E-state index < -0.39 is 146 Å². The summed E-state index contributed by atoms with van der Waals surface area (Å²) >= 11 is 0.947. The number of hydrogen-bond acceptors (Lipinski definition) is 15. The lowest BCUT2D eigenvalue weighted by Crippen LogP contribution is -2.69. The van der Waals surface area contributed by atoms with Crippen molar-refractivity contribution in [3.8, 4) is 5.75 Å². The van der Waals surface area contributed by atoms with E-state index in [0.29, 0.717) is 22.9 Å². The molecule has 0 saturated carbocycles. The minimum Gasteiger partial charge on any atom is -0.508 e. The number of benzene rings is 1. The minimum atomic E-state index is -2.28. The fourth-order valence-corrected chi connectivity index (χ4v) is 8.86. The zero-order valence-corrected chi connectivity index (χ0v) is 35.6. The molecule has 14 N–H and O–H groups in total. The first kappa shape index (κ1) is 48.2. The molecule has 10 atom stereocenters. The van der Waals surface area contributed by atoms with Gasteiger partial charge in [-0.3, -0.25) is 48.5 Å². The highest BCUT2D eigenvalue weighted by atomic mass is 32.2. The lowest BCUT2D eigenvalue weighted by molar-refractivity contribution is -0.147. The molecule has 5 rings (SSSR count). The van der Waals surface area contributed by atoms with Crippen LogP contribution >= 0.6 is 11.8 Å². The van der Waals surface area contributed by atoms with Gasteiger partial charge in [0.05, 0.1) is 54.9 Å². The second-order valence-electron chi connectivity index (χ2n) is 16.0. The Bertz CT molecular complexity index is 2120. The molecule has 2 bridgehead atoms. The van der Waals surface area contributed by atoms with Crippen LogP contribution in [-0.2, 0) is 49.6 Å². The average molecular weight is 903 g/mol. The van der Waals surface area contributed by atoms with Gasteiger partial charge in [0, 0.05) is 42.5 Å². The van der Waals surface area contributed by atoms with E-state index >= 15 is 0 Å². The van der Waals surface area contributed by atoms with Crippen LogP contribution in [-0.4, -0.2) is 164 Å². The maximum Gasteiger partial charge on any atom is 0.247 e. The Morgan fingerprint density at radius 2 is 1.63 bits per heavy atom. The maximum atomic E-state index is 14.6. The smallest absolute Gasteiger partial charge is 0.247 e. The second-order valence-corrected chi connectivity index (χ2v) is 17.1. The Morgan fingerprint density at radius 3 is 2.29 bits per heavy atom. The molecule has 3 aliphatic heterocycles. The van der Waals surface area contributed by atoms with Gasteiger partial charge >= 0.3 is 0 Å². The van der Waals surface area contributed by atoms with Crippen molar-refractivity contribution in [2.75, 3.05) is 32.0 Å². The van der Waals surface area contributed by atoms with Gasteiger partial charge in [-0.1, -0.05) is 27.2 Å². The van der Waals surface area contributed by atoms with Gasteiger partial charge in [0.2, 0.25) is 47.3 Å². The molecule has 3 aliphatic rings. The Balaban J connectivity index is 1.74. The topological polar surface area (TPSA) is 364 Å². The highest BCUT2D eigenvalue weighted by molar-refractivity contribution is 7.99. The maximum absolute atomic E-state index is 14.6. The van der Waals surface area contributed by atoms with Gasteiger partial charge in [0.25, 0.3) is 0 Å². The number of phenols is 1. The fraction of sp³-hybridized carbons (Fsp3) is 0.564. The summed E-state index contributed by atoms with van der Waals surface area (Å²) in [6.07, 6.45) is -4.18. The van der Waals surface area contributed by atoms with Gasteiger partial charge in [0.1, 0.15) is 29.9 Å². The molecule has 63 heavy (non-hydrogen) atoms. The molecule has 0 spiro atoms. The van der Waals surface area contributed by atoms with Crippen LogP contribution in [0.15, 0.2) is 23.2 Å². The number of nitrogens with two attached hydrogens (primary N) is 1. The number of fused-ring (bicyclic) bond motifs is 5. The minimum absolute atomic E-state index is 0.145.